The number of aryl methyl sites for hydroxylation is 1. The number of hydrogen-bond donors (Lipinski definition) is 3. The highest BCUT2D eigenvalue weighted by molar-refractivity contribution is 7.88. The number of sulfonamides is 1. The number of nitrogens with zero attached hydrogens (tertiary/aromatic N) is 1. The highest BCUT2D eigenvalue weighted by Gasteiger charge is 2.10. The Labute approximate surface area is 131 Å². The van der Waals surface area contributed by atoms with Crippen LogP contribution in [-0.4, -0.2) is 47.3 Å². The fraction of sp³-hybridized carbons (Fsp3) is 0.500. The van der Waals surface area contributed by atoms with Gasteiger partial charge < -0.3 is 4.90 Å². The van der Waals surface area contributed by atoms with Gasteiger partial charge in [-0.05, 0) is 37.6 Å². The van der Waals surface area contributed by atoms with Gasteiger partial charge >= 0.3 is 10.3 Å². The van der Waals surface area contributed by atoms with Crippen molar-refractivity contribution < 1.29 is 21.4 Å². The fourth-order valence-electron chi connectivity index (χ4n) is 1.93. The van der Waals surface area contributed by atoms with E-state index in [1.165, 1.54) is 0 Å². The summed E-state index contributed by atoms with van der Waals surface area (Å²) in [6.07, 6.45) is 1.10. The fourth-order valence-corrected chi connectivity index (χ4v) is 2.90. The Morgan fingerprint density at radius 2 is 1.86 bits per heavy atom. The van der Waals surface area contributed by atoms with Gasteiger partial charge in [0.05, 0.1) is 11.9 Å². The highest BCUT2D eigenvalue weighted by atomic mass is 32.2. The number of hydrogen-bond acceptors (Lipinski definition) is 5. The predicted octanol–water partition coefficient (Wildman–Crippen LogP) is 0.585. The zero-order chi connectivity index (χ0) is 17.0. The molecule has 0 saturated heterocycles. The first-order chi connectivity index (χ1) is 10.0. The molecule has 0 radical (unpaired) electrons. The van der Waals surface area contributed by atoms with Gasteiger partial charge in [-0.15, -0.1) is 0 Å². The minimum atomic E-state index is -4.31. The van der Waals surface area contributed by atoms with Crippen molar-refractivity contribution in [2.24, 2.45) is 0 Å². The van der Waals surface area contributed by atoms with Gasteiger partial charge in [0.25, 0.3) is 0 Å². The number of anilines is 2. The van der Waals surface area contributed by atoms with Crippen LogP contribution in [0.25, 0.3) is 0 Å². The van der Waals surface area contributed by atoms with Crippen LogP contribution < -0.4 is 14.3 Å². The minimum absolute atomic E-state index is 0.275. The van der Waals surface area contributed by atoms with E-state index in [2.05, 4.69) is 4.72 Å². The molecule has 0 bridgehead atoms. The standard InChI is InChI=1S/C12H21N3O5S2/c1-4-15(8-7-13-21(3,16)17)11-5-6-12(10(2)9-11)14-22(18,19)20/h5-6,9,13-14H,4,7-8H2,1-3H3,(H,18,19,20). The normalized spacial score (nSPS) is 12.2. The molecule has 1 aromatic rings. The van der Waals surface area contributed by atoms with Gasteiger partial charge in [-0.2, -0.15) is 8.42 Å². The lowest BCUT2D eigenvalue weighted by molar-refractivity contribution is 0.489. The Morgan fingerprint density at radius 3 is 2.32 bits per heavy atom. The van der Waals surface area contributed by atoms with Gasteiger partial charge in [0.1, 0.15) is 0 Å². The zero-order valence-corrected chi connectivity index (χ0v) is 14.3. The van der Waals surface area contributed by atoms with Crippen molar-refractivity contribution in [3.05, 3.63) is 23.8 Å². The van der Waals surface area contributed by atoms with Crippen molar-refractivity contribution in [2.75, 3.05) is 35.5 Å². The van der Waals surface area contributed by atoms with Gasteiger partial charge in [-0.3, -0.25) is 9.27 Å². The van der Waals surface area contributed by atoms with E-state index >= 15 is 0 Å². The van der Waals surface area contributed by atoms with Crippen LogP contribution >= 0.6 is 0 Å². The van der Waals surface area contributed by atoms with Crippen LogP contribution in [-0.2, 0) is 20.3 Å². The molecule has 0 spiro atoms. The van der Waals surface area contributed by atoms with Crippen molar-refractivity contribution >= 4 is 31.7 Å². The van der Waals surface area contributed by atoms with Crippen molar-refractivity contribution in [1.29, 1.82) is 0 Å². The van der Waals surface area contributed by atoms with Crippen LogP contribution in [0.1, 0.15) is 12.5 Å². The quantitative estimate of drug-likeness (QED) is 0.590. The lowest BCUT2D eigenvalue weighted by atomic mass is 10.1. The second-order valence-electron chi connectivity index (χ2n) is 4.82. The van der Waals surface area contributed by atoms with Gasteiger partial charge in [-0.1, -0.05) is 0 Å². The highest BCUT2D eigenvalue weighted by Crippen LogP contribution is 2.23. The molecular weight excluding hydrogens is 330 g/mol. The lowest BCUT2D eigenvalue weighted by Gasteiger charge is -2.24. The summed E-state index contributed by atoms with van der Waals surface area (Å²) in [5.74, 6) is 0. The first-order valence-corrected chi connectivity index (χ1v) is 9.90. The summed E-state index contributed by atoms with van der Waals surface area (Å²) >= 11 is 0. The van der Waals surface area contributed by atoms with E-state index in [-0.39, 0.29) is 12.2 Å². The van der Waals surface area contributed by atoms with E-state index in [4.69, 9.17) is 4.55 Å². The third kappa shape index (κ3) is 6.60. The molecule has 0 amide bonds. The molecule has 1 rings (SSSR count). The van der Waals surface area contributed by atoms with E-state index in [0.29, 0.717) is 18.7 Å². The Morgan fingerprint density at radius 1 is 1.23 bits per heavy atom. The van der Waals surface area contributed by atoms with E-state index in [9.17, 15) is 16.8 Å². The van der Waals surface area contributed by atoms with Crippen LogP contribution in [0.5, 0.6) is 0 Å². The SMILES string of the molecule is CCN(CCNS(C)(=O)=O)c1ccc(NS(=O)(=O)O)c(C)c1. The summed E-state index contributed by atoms with van der Waals surface area (Å²) < 4.78 is 57.0. The van der Waals surface area contributed by atoms with Gasteiger partial charge in [0, 0.05) is 25.3 Å². The molecule has 0 saturated carbocycles. The van der Waals surface area contributed by atoms with Gasteiger partial charge in [-0.25, -0.2) is 13.1 Å². The summed E-state index contributed by atoms with van der Waals surface area (Å²) in [5.41, 5.74) is 1.76. The largest absolute Gasteiger partial charge is 0.370 e. The number of likely N-dealkylation sites (N-methyl/N-ethyl adjacent to an activating group) is 1. The number of benzene rings is 1. The Kier molecular flexibility index (Phi) is 6.17. The second kappa shape index (κ2) is 7.27. The molecule has 22 heavy (non-hydrogen) atoms. The summed E-state index contributed by atoms with van der Waals surface area (Å²) in [4.78, 5) is 1.95. The third-order valence-corrected chi connectivity index (χ3v) is 4.15. The molecule has 0 aliphatic heterocycles. The molecule has 0 unspecified atom stereocenters. The van der Waals surface area contributed by atoms with E-state index < -0.39 is 20.3 Å². The Hall–Kier alpha value is -1.36. The first-order valence-electron chi connectivity index (χ1n) is 6.57. The molecule has 0 fully saturated rings. The monoisotopic (exact) mass is 351 g/mol. The van der Waals surface area contributed by atoms with E-state index in [1.807, 2.05) is 16.5 Å². The average molecular weight is 351 g/mol. The molecule has 0 heterocycles. The predicted molar refractivity (Wildman–Crippen MR) is 87.1 cm³/mol. The maximum Gasteiger partial charge on any atom is 0.357 e. The van der Waals surface area contributed by atoms with Crippen molar-refractivity contribution in [3.63, 3.8) is 0 Å². The zero-order valence-electron chi connectivity index (χ0n) is 12.7. The van der Waals surface area contributed by atoms with Crippen molar-refractivity contribution in [2.45, 2.75) is 13.8 Å². The number of rotatable bonds is 8. The molecule has 1 aromatic carbocycles. The minimum Gasteiger partial charge on any atom is -0.370 e. The first kappa shape index (κ1) is 18.7. The number of nitrogens with one attached hydrogen (secondary N) is 2. The molecule has 0 aliphatic carbocycles. The maximum atomic E-state index is 11.1. The Balaban J connectivity index is 2.83. The Bertz CT molecular complexity index is 716. The second-order valence-corrected chi connectivity index (χ2v) is 7.81. The van der Waals surface area contributed by atoms with Crippen LogP contribution in [0.3, 0.4) is 0 Å². The van der Waals surface area contributed by atoms with Crippen molar-refractivity contribution in [3.8, 4) is 0 Å². The molecule has 8 nitrogen and oxygen atoms in total. The molecule has 10 heteroatoms. The van der Waals surface area contributed by atoms with Crippen LogP contribution in [0.4, 0.5) is 11.4 Å². The summed E-state index contributed by atoms with van der Waals surface area (Å²) in [5, 5.41) is 0. The summed E-state index contributed by atoms with van der Waals surface area (Å²) in [6, 6.07) is 5.01. The van der Waals surface area contributed by atoms with E-state index in [1.54, 1.807) is 25.1 Å². The van der Waals surface area contributed by atoms with Crippen LogP contribution in [0.2, 0.25) is 0 Å². The van der Waals surface area contributed by atoms with Gasteiger partial charge in [0.15, 0.2) is 0 Å². The smallest absolute Gasteiger partial charge is 0.357 e. The average Bonchev–Trinajstić information content (AvgIpc) is 2.34. The summed E-state index contributed by atoms with van der Waals surface area (Å²) in [7, 11) is -7.54. The van der Waals surface area contributed by atoms with E-state index in [0.717, 1.165) is 11.9 Å². The topological polar surface area (TPSA) is 116 Å². The molecular formula is C12H21N3O5S2. The maximum absolute atomic E-state index is 11.1. The van der Waals surface area contributed by atoms with Crippen molar-refractivity contribution in [1.82, 2.24) is 4.72 Å². The van der Waals surface area contributed by atoms with Crippen LogP contribution in [0, 0.1) is 6.92 Å². The molecule has 0 atom stereocenters. The van der Waals surface area contributed by atoms with Crippen LogP contribution in [0.15, 0.2) is 18.2 Å². The molecule has 0 aliphatic rings. The lowest BCUT2D eigenvalue weighted by Crippen LogP contribution is -2.34. The molecule has 0 aromatic heterocycles. The van der Waals surface area contributed by atoms with Gasteiger partial charge in [0.2, 0.25) is 10.0 Å². The third-order valence-electron chi connectivity index (χ3n) is 2.94. The molecule has 126 valence electrons. The molecule has 3 N–H and O–H groups in total. The summed E-state index contributed by atoms with van der Waals surface area (Å²) in [6.45, 7) is 5.06.